The van der Waals surface area contributed by atoms with Gasteiger partial charge in [-0.15, -0.1) is 11.3 Å². The van der Waals surface area contributed by atoms with Gasteiger partial charge in [0.2, 0.25) is 11.8 Å². The SMILES string of the molecule is CC(=O)Nc1ccc(F)c(NC(=O)/C=C/c2cn(-c3ccccc3)nc2-c2cccs2)c1. The summed E-state index contributed by atoms with van der Waals surface area (Å²) in [4.78, 5) is 24.7. The van der Waals surface area contributed by atoms with E-state index in [0.717, 1.165) is 21.8 Å². The third-order valence-electron chi connectivity index (χ3n) is 4.48. The largest absolute Gasteiger partial charge is 0.326 e. The van der Waals surface area contributed by atoms with E-state index in [1.54, 1.807) is 22.1 Å². The average molecular weight is 447 g/mol. The van der Waals surface area contributed by atoms with E-state index in [9.17, 15) is 14.0 Å². The third kappa shape index (κ3) is 4.98. The highest BCUT2D eigenvalue weighted by molar-refractivity contribution is 7.13. The van der Waals surface area contributed by atoms with Crippen LogP contribution in [0.3, 0.4) is 0 Å². The topological polar surface area (TPSA) is 76.0 Å². The Morgan fingerprint density at radius 1 is 1.06 bits per heavy atom. The van der Waals surface area contributed by atoms with E-state index in [2.05, 4.69) is 15.7 Å². The summed E-state index contributed by atoms with van der Waals surface area (Å²) < 4.78 is 15.9. The highest BCUT2D eigenvalue weighted by Gasteiger charge is 2.12. The third-order valence-corrected chi connectivity index (χ3v) is 5.35. The second-order valence-corrected chi connectivity index (χ2v) is 7.84. The fraction of sp³-hybridized carbons (Fsp3) is 0.0417. The standard InChI is InChI=1S/C24H19FN4O2S/c1-16(30)26-18-10-11-20(25)21(14-18)27-23(31)12-9-17-15-29(19-6-3-2-4-7-19)28-24(17)22-8-5-13-32-22/h2-15H,1H3,(H,26,30)(H,27,31)/b12-9+. The summed E-state index contributed by atoms with van der Waals surface area (Å²) in [5, 5.41) is 11.7. The molecule has 0 saturated heterocycles. The fourth-order valence-corrected chi connectivity index (χ4v) is 3.80. The molecule has 6 nitrogen and oxygen atoms in total. The number of amides is 2. The highest BCUT2D eigenvalue weighted by Crippen LogP contribution is 2.28. The first kappa shape index (κ1) is 21.2. The Balaban J connectivity index is 1.58. The van der Waals surface area contributed by atoms with Gasteiger partial charge < -0.3 is 10.6 Å². The smallest absolute Gasteiger partial charge is 0.248 e. The number of aromatic nitrogens is 2. The molecule has 0 saturated carbocycles. The summed E-state index contributed by atoms with van der Waals surface area (Å²) >= 11 is 1.55. The van der Waals surface area contributed by atoms with Crippen molar-refractivity contribution in [2.45, 2.75) is 6.92 Å². The molecule has 2 heterocycles. The van der Waals surface area contributed by atoms with Gasteiger partial charge in [0.1, 0.15) is 11.5 Å². The van der Waals surface area contributed by atoms with E-state index in [-0.39, 0.29) is 11.6 Å². The van der Waals surface area contributed by atoms with Crippen molar-refractivity contribution in [2.75, 3.05) is 10.6 Å². The zero-order valence-electron chi connectivity index (χ0n) is 17.1. The second-order valence-electron chi connectivity index (χ2n) is 6.89. The van der Waals surface area contributed by atoms with Crippen LogP contribution in [-0.4, -0.2) is 21.6 Å². The van der Waals surface area contributed by atoms with Crippen molar-refractivity contribution >= 4 is 40.6 Å². The molecule has 32 heavy (non-hydrogen) atoms. The molecule has 0 fully saturated rings. The van der Waals surface area contributed by atoms with Crippen LogP contribution >= 0.6 is 11.3 Å². The van der Waals surface area contributed by atoms with Crippen LogP contribution in [0.2, 0.25) is 0 Å². The number of anilines is 2. The van der Waals surface area contributed by atoms with Crippen LogP contribution in [0.1, 0.15) is 12.5 Å². The first-order valence-corrected chi connectivity index (χ1v) is 10.6. The van der Waals surface area contributed by atoms with E-state index in [1.165, 1.54) is 31.2 Å². The van der Waals surface area contributed by atoms with Crippen LogP contribution in [0, 0.1) is 5.82 Å². The Hall–Kier alpha value is -4.04. The van der Waals surface area contributed by atoms with E-state index in [4.69, 9.17) is 0 Å². The number of nitrogens with one attached hydrogen (secondary N) is 2. The number of carbonyl (C=O) groups is 2. The van der Waals surface area contributed by atoms with Gasteiger partial charge in [-0.25, -0.2) is 9.07 Å². The molecule has 2 aromatic heterocycles. The van der Waals surface area contributed by atoms with E-state index >= 15 is 0 Å². The lowest BCUT2D eigenvalue weighted by Gasteiger charge is -2.07. The van der Waals surface area contributed by atoms with Gasteiger partial charge in [0.25, 0.3) is 0 Å². The van der Waals surface area contributed by atoms with Crippen LogP contribution in [0.4, 0.5) is 15.8 Å². The number of thiophene rings is 1. The highest BCUT2D eigenvalue weighted by atomic mass is 32.1. The van der Waals surface area contributed by atoms with Crippen LogP contribution in [0.15, 0.2) is 78.3 Å². The summed E-state index contributed by atoms with van der Waals surface area (Å²) in [5.41, 5.74) is 2.75. The molecule has 2 aromatic carbocycles. The van der Waals surface area contributed by atoms with Crippen LogP contribution < -0.4 is 10.6 Å². The van der Waals surface area contributed by atoms with E-state index in [1.807, 2.05) is 54.0 Å². The van der Waals surface area contributed by atoms with Crippen LogP contribution in [-0.2, 0) is 9.59 Å². The number of benzene rings is 2. The van der Waals surface area contributed by atoms with Crippen molar-refractivity contribution < 1.29 is 14.0 Å². The number of hydrogen-bond acceptors (Lipinski definition) is 4. The first-order chi connectivity index (χ1) is 15.5. The average Bonchev–Trinajstić information content (AvgIpc) is 3.45. The number of rotatable bonds is 6. The summed E-state index contributed by atoms with van der Waals surface area (Å²) in [5.74, 6) is -1.39. The van der Waals surface area contributed by atoms with Crippen LogP contribution in [0.25, 0.3) is 22.3 Å². The van der Waals surface area contributed by atoms with E-state index in [0.29, 0.717) is 5.69 Å². The zero-order valence-corrected chi connectivity index (χ0v) is 17.9. The monoisotopic (exact) mass is 446 g/mol. The van der Waals surface area contributed by atoms with Crippen molar-refractivity contribution in [3.05, 3.63) is 89.7 Å². The molecule has 2 N–H and O–H groups in total. The van der Waals surface area contributed by atoms with Gasteiger partial charge >= 0.3 is 0 Å². The maximum absolute atomic E-state index is 14.1. The van der Waals surface area contributed by atoms with Crippen molar-refractivity contribution in [3.63, 3.8) is 0 Å². The molecule has 0 aliphatic heterocycles. The number of halogens is 1. The summed E-state index contributed by atoms with van der Waals surface area (Å²) in [6.45, 7) is 1.35. The van der Waals surface area contributed by atoms with Gasteiger partial charge in [-0.2, -0.15) is 5.10 Å². The first-order valence-electron chi connectivity index (χ1n) is 9.75. The second kappa shape index (κ2) is 9.40. The van der Waals surface area contributed by atoms with Crippen molar-refractivity contribution in [3.8, 4) is 16.3 Å². The molecule has 4 aromatic rings. The molecule has 2 amide bonds. The molecular weight excluding hydrogens is 427 g/mol. The van der Waals surface area contributed by atoms with Gasteiger partial charge in [0.05, 0.1) is 16.3 Å². The lowest BCUT2D eigenvalue weighted by Crippen LogP contribution is -2.11. The number of hydrogen-bond donors (Lipinski definition) is 2. The molecule has 0 spiro atoms. The minimum atomic E-state index is -0.600. The van der Waals surface area contributed by atoms with Gasteiger partial charge in [-0.05, 0) is 47.9 Å². The molecule has 0 unspecified atom stereocenters. The Kier molecular flexibility index (Phi) is 6.23. The lowest BCUT2D eigenvalue weighted by atomic mass is 10.2. The number of nitrogens with zero attached hydrogens (tertiary/aromatic N) is 2. The Bertz CT molecular complexity index is 1280. The van der Waals surface area contributed by atoms with Gasteiger partial charge in [-0.1, -0.05) is 24.3 Å². The summed E-state index contributed by atoms with van der Waals surface area (Å²) in [6, 6.07) is 17.5. The lowest BCUT2D eigenvalue weighted by molar-refractivity contribution is -0.114. The molecular formula is C24H19FN4O2S. The number of para-hydroxylation sites is 1. The molecule has 0 bridgehead atoms. The molecule has 0 radical (unpaired) electrons. The normalized spacial score (nSPS) is 10.9. The summed E-state index contributed by atoms with van der Waals surface area (Å²) in [7, 11) is 0. The molecule has 0 aliphatic rings. The fourth-order valence-electron chi connectivity index (χ4n) is 3.07. The molecule has 160 valence electrons. The molecule has 8 heteroatoms. The number of carbonyl (C=O) groups excluding carboxylic acids is 2. The molecule has 0 aliphatic carbocycles. The molecule has 0 atom stereocenters. The predicted molar refractivity (Wildman–Crippen MR) is 125 cm³/mol. The van der Waals surface area contributed by atoms with Crippen molar-refractivity contribution in [1.29, 1.82) is 0 Å². The predicted octanol–water partition coefficient (Wildman–Crippen LogP) is 5.35. The maximum atomic E-state index is 14.1. The van der Waals surface area contributed by atoms with Crippen LogP contribution in [0.5, 0.6) is 0 Å². The van der Waals surface area contributed by atoms with Gasteiger partial charge in [-0.3, -0.25) is 9.59 Å². The van der Waals surface area contributed by atoms with E-state index < -0.39 is 11.7 Å². The minimum Gasteiger partial charge on any atom is -0.326 e. The quantitative estimate of drug-likeness (QED) is 0.392. The van der Waals surface area contributed by atoms with Gasteiger partial charge in [0, 0.05) is 30.4 Å². The van der Waals surface area contributed by atoms with Crippen molar-refractivity contribution in [2.24, 2.45) is 0 Å². The summed E-state index contributed by atoms with van der Waals surface area (Å²) in [6.07, 6.45) is 4.81. The van der Waals surface area contributed by atoms with Crippen molar-refractivity contribution in [1.82, 2.24) is 9.78 Å². The van der Waals surface area contributed by atoms with Gasteiger partial charge in [0.15, 0.2) is 0 Å². The Labute approximate surface area is 188 Å². The maximum Gasteiger partial charge on any atom is 0.248 e. The Morgan fingerprint density at radius 2 is 1.88 bits per heavy atom. The zero-order chi connectivity index (χ0) is 22.5. The molecule has 4 rings (SSSR count). The minimum absolute atomic E-state index is 0.0237. The Morgan fingerprint density at radius 3 is 2.59 bits per heavy atom.